The van der Waals surface area contributed by atoms with E-state index in [0.717, 1.165) is 24.8 Å². The van der Waals surface area contributed by atoms with Gasteiger partial charge in [-0.1, -0.05) is 33.8 Å². The average molecular weight is 416 g/mol. The van der Waals surface area contributed by atoms with E-state index in [1.165, 1.54) is 0 Å². The number of amides is 1. The monoisotopic (exact) mass is 415 g/mol. The van der Waals surface area contributed by atoms with Crippen LogP contribution in [0.15, 0.2) is 18.2 Å². The molecular weight excluding hydrogens is 378 g/mol. The van der Waals surface area contributed by atoms with E-state index < -0.39 is 0 Å². The molecule has 1 aliphatic heterocycles. The van der Waals surface area contributed by atoms with Gasteiger partial charge in [-0.2, -0.15) is 0 Å². The van der Waals surface area contributed by atoms with Crippen LogP contribution in [-0.2, 0) is 9.53 Å². The minimum Gasteiger partial charge on any atom is -0.504 e. The molecule has 4 rings (SSSR count). The number of aromatic hydroxyl groups is 1. The predicted octanol–water partition coefficient (Wildman–Crippen LogP) is 4.84. The lowest BCUT2D eigenvalue weighted by Gasteiger charge is -2.53. The number of ether oxygens (including phenoxy) is 2. The summed E-state index contributed by atoms with van der Waals surface area (Å²) < 4.78 is 12.0. The van der Waals surface area contributed by atoms with Crippen molar-refractivity contribution in [1.82, 2.24) is 5.32 Å². The van der Waals surface area contributed by atoms with Gasteiger partial charge < -0.3 is 19.9 Å². The van der Waals surface area contributed by atoms with Crippen molar-refractivity contribution in [3.8, 4) is 11.5 Å². The summed E-state index contributed by atoms with van der Waals surface area (Å²) in [6, 6.07) is 5.79. The van der Waals surface area contributed by atoms with Crippen LogP contribution < -0.4 is 10.1 Å². The lowest BCUT2D eigenvalue weighted by molar-refractivity contribution is -0.137. The molecular formula is C25H37NO4. The zero-order chi connectivity index (χ0) is 21.7. The molecule has 2 aliphatic carbocycles. The lowest BCUT2D eigenvalue weighted by atomic mass is 9.58. The van der Waals surface area contributed by atoms with Gasteiger partial charge in [0.15, 0.2) is 11.5 Å². The molecule has 3 aliphatic rings. The van der Waals surface area contributed by atoms with Crippen LogP contribution >= 0.6 is 0 Å². The Morgan fingerprint density at radius 3 is 2.83 bits per heavy atom. The van der Waals surface area contributed by atoms with Gasteiger partial charge in [-0.05, 0) is 72.5 Å². The largest absolute Gasteiger partial charge is 0.504 e. The van der Waals surface area contributed by atoms with Crippen LogP contribution in [0.3, 0.4) is 0 Å². The minimum atomic E-state index is -0.0239. The average Bonchev–Trinajstić information content (AvgIpc) is 3.16. The van der Waals surface area contributed by atoms with Crippen molar-refractivity contribution >= 4 is 5.91 Å². The summed E-state index contributed by atoms with van der Waals surface area (Å²) in [6.45, 7) is 12.0. The summed E-state index contributed by atoms with van der Waals surface area (Å²) in [5, 5.41) is 13.6. The van der Waals surface area contributed by atoms with Crippen LogP contribution in [0.2, 0.25) is 0 Å². The van der Waals surface area contributed by atoms with Crippen molar-refractivity contribution in [2.45, 2.75) is 72.4 Å². The molecule has 2 bridgehead atoms. The second-order valence-electron chi connectivity index (χ2n) is 10.6. The quantitative estimate of drug-likeness (QED) is 0.698. The number of carbonyl (C=O) groups is 1. The molecule has 30 heavy (non-hydrogen) atoms. The minimum absolute atomic E-state index is 0.0239. The summed E-state index contributed by atoms with van der Waals surface area (Å²) in [5.74, 6) is 2.17. The van der Waals surface area contributed by atoms with Gasteiger partial charge in [-0.15, -0.1) is 0 Å². The van der Waals surface area contributed by atoms with Crippen molar-refractivity contribution in [2.75, 3.05) is 13.2 Å². The number of fused-ring (bicyclic) bond motifs is 1. The number of carbonyl (C=O) groups excluding carboxylic acids is 1. The zero-order valence-corrected chi connectivity index (χ0v) is 19.0. The fraction of sp³-hybridized carbons (Fsp3) is 0.720. The molecule has 166 valence electrons. The third-order valence-electron chi connectivity index (χ3n) is 8.02. The fourth-order valence-electron chi connectivity index (χ4n) is 6.69. The van der Waals surface area contributed by atoms with E-state index in [-0.39, 0.29) is 34.6 Å². The Morgan fingerprint density at radius 1 is 1.37 bits per heavy atom. The van der Waals surface area contributed by atoms with Gasteiger partial charge in [0.05, 0.1) is 12.7 Å². The van der Waals surface area contributed by atoms with E-state index in [4.69, 9.17) is 9.47 Å². The third-order valence-corrected chi connectivity index (χ3v) is 8.02. The second-order valence-corrected chi connectivity index (χ2v) is 10.6. The first-order chi connectivity index (χ1) is 14.2. The number of phenols is 1. The predicted molar refractivity (Wildman–Crippen MR) is 116 cm³/mol. The van der Waals surface area contributed by atoms with E-state index >= 15 is 0 Å². The van der Waals surface area contributed by atoms with Gasteiger partial charge in [-0.3, -0.25) is 4.79 Å². The summed E-state index contributed by atoms with van der Waals surface area (Å²) >= 11 is 0. The van der Waals surface area contributed by atoms with Crippen LogP contribution in [0.4, 0.5) is 0 Å². The fourth-order valence-corrected chi connectivity index (χ4v) is 6.69. The summed E-state index contributed by atoms with van der Waals surface area (Å²) in [7, 11) is 0. The lowest BCUT2D eigenvalue weighted by Crippen LogP contribution is -2.59. The molecule has 1 heterocycles. The molecule has 0 aromatic heterocycles. The number of benzene rings is 1. The van der Waals surface area contributed by atoms with Crippen LogP contribution in [0.1, 0.15) is 72.0 Å². The van der Waals surface area contributed by atoms with Crippen LogP contribution in [0.25, 0.3) is 0 Å². The van der Waals surface area contributed by atoms with Gasteiger partial charge in [0, 0.05) is 19.1 Å². The maximum absolute atomic E-state index is 12.8. The van der Waals surface area contributed by atoms with Crippen LogP contribution in [0.5, 0.6) is 11.5 Å². The Balaban J connectivity index is 1.64. The van der Waals surface area contributed by atoms with Crippen molar-refractivity contribution < 1.29 is 19.4 Å². The molecule has 2 N–H and O–H groups in total. The van der Waals surface area contributed by atoms with Gasteiger partial charge in [-0.25, -0.2) is 0 Å². The molecule has 2 saturated carbocycles. The normalized spacial score (nSPS) is 34.1. The van der Waals surface area contributed by atoms with E-state index in [9.17, 15) is 9.90 Å². The van der Waals surface area contributed by atoms with Crippen LogP contribution in [-0.4, -0.2) is 30.3 Å². The second kappa shape index (κ2) is 7.74. The highest BCUT2D eigenvalue weighted by Crippen LogP contribution is 2.70. The third kappa shape index (κ3) is 3.39. The Labute approximate surface area is 180 Å². The highest BCUT2D eigenvalue weighted by molar-refractivity contribution is 5.76. The molecule has 0 radical (unpaired) electrons. The first kappa shape index (κ1) is 21.5. The molecule has 1 amide bonds. The number of hydrogen-bond donors (Lipinski definition) is 2. The first-order valence-corrected chi connectivity index (χ1v) is 11.6. The van der Waals surface area contributed by atoms with Gasteiger partial charge in [0.25, 0.3) is 0 Å². The molecule has 5 heteroatoms. The highest BCUT2D eigenvalue weighted by atomic mass is 16.5. The highest BCUT2D eigenvalue weighted by Gasteiger charge is 2.68. The zero-order valence-electron chi connectivity index (χ0n) is 19.0. The van der Waals surface area contributed by atoms with Gasteiger partial charge >= 0.3 is 0 Å². The standard InChI is InChI=1S/C25H37NO4/c1-6-29-20-12-16(7-8-19(20)27)22-18-13-17-14-25(18,9-10-30-22)23(24(17,4)5)26-21(28)11-15(2)3/h7-8,12,15,17-18,22-23,27H,6,9-11,13-14H2,1-5H3,(H,26,28)/t17-,18-,22-,23+,25-/m1/s1. The topological polar surface area (TPSA) is 67.8 Å². The molecule has 5 nitrogen and oxygen atoms in total. The van der Waals surface area contributed by atoms with E-state index in [0.29, 0.717) is 43.1 Å². The SMILES string of the molecule is CCOc1cc([C@H]2OCC[C@@]34C[C@@H](C[C@H]23)C(C)(C)[C@@H]4NC(=O)CC(C)C)ccc1O. The Bertz CT molecular complexity index is 804. The number of nitrogens with one attached hydrogen (secondary N) is 1. The molecule has 0 unspecified atom stereocenters. The van der Waals surface area contributed by atoms with Gasteiger partial charge in [0.1, 0.15) is 0 Å². The first-order valence-electron chi connectivity index (χ1n) is 11.6. The Morgan fingerprint density at radius 2 is 2.13 bits per heavy atom. The Hall–Kier alpha value is -1.75. The van der Waals surface area contributed by atoms with E-state index in [1.54, 1.807) is 6.07 Å². The Kier molecular flexibility index (Phi) is 5.54. The number of rotatable bonds is 6. The molecule has 1 spiro atoms. The smallest absolute Gasteiger partial charge is 0.220 e. The molecule has 1 saturated heterocycles. The van der Waals surface area contributed by atoms with Crippen molar-refractivity contribution in [3.05, 3.63) is 23.8 Å². The molecule has 5 atom stereocenters. The van der Waals surface area contributed by atoms with E-state index in [2.05, 4.69) is 33.0 Å². The maximum Gasteiger partial charge on any atom is 0.220 e. The summed E-state index contributed by atoms with van der Waals surface area (Å²) in [6.07, 6.45) is 3.83. The molecule has 1 aromatic rings. The maximum atomic E-state index is 12.8. The van der Waals surface area contributed by atoms with Crippen LogP contribution in [0, 0.1) is 28.6 Å². The molecule has 1 aromatic carbocycles. The van der Waals surface area contributed by atoms with E-state index in [1.807, 2.05) is 19.1 Å². The van der Waals surface area contributed by atoms with Gasteiger partial charge in [0.2, 0.25) is 5.91 Å². The number of phenolic OH excluding ortho intramolecular Hbond substituents is 1. The van der Waals surface area contributed by atoms with Crippen molar-refractivity contribution in [1.29, 1.82) is 0 Å². The number of hydrogen-bond acceptors (Lipinski definition) is 4. The summed E-state index contributed by atoms with van der Waals surface area (Å²) in [4.78, 5) is 12.8. The molecule has 3 fully saturated rings. The van der Waals surface area contributed by atoms with Crippen molar-refractivity contribution in [2.24, 2.45) is 28.6 Å². The van der Waals surface area contributed by atoms with Crippen molar-refractivity contribution in [3.63, 3.8) is 0 Å². The summed E-state index contributed by atoms with van der Waals surface area (Å²) in [5.41, 5.74) is 1.24.